The van der Waals surface area contributed by atoms with Gasteiger partial charge in [-0.25, -0.2) is 14.4 Å². The number of hydrogen-bond acceptors (Lipinski definition) is 6. The first kappa shape index (κ1) is 15.8. The number of nitrogens with zero attached hydrogens (tertiary/aromatic N) is 1. The zero-order chi connectivity index (χ0) is 16.1. The highest BCUT2D eigenvalue weighted by Gasteiger charge is 2.49. The molecule has 0 N–H and O–H groups in total. The summed E-state index contributed by atoms with van der Waals surface area (Å²) in [4.78, 5) is 36.3. The molecule has 0 radical (unpaired) electrons. The zero-order valence-corrected chi connectivity index (χ0v) is 12.4. The van der Waals surface area contributed by atoms with Gasteiger partial charge in [0.05, 0.1) is 6.61 Å². The zero-order valence-electron chi connectivity index (χ0n) is 12.4. The van der Waals surface area contributed by atoms with Gasteiger partial charge in [0, 0.05) is 0 Å². The van der Waals surface area contributed by atoms with Gasteiger partial charge in [-0.3, -0.25) is 0 Å². The van der Waals surface area contributed by atoms with Crippen molar-refractivity contribution in [3.05, 3.63) is 35.9 Å². The van der Waals surface area contributed by atoms with Gasteiger partial charge in [0.15, 0.2) is 6.04 Å². The Morgan fingerprint density at radius 2 is 1.91 bits per heavy atom. The van der Waals surface area contributed by atoms with E-state index in [0.717, 1.165) is 5.56 Å². The molecule has 2 rings (SSSR count). The van der Waals surface area contributed by atoms with E-state index in [9.17, 15) is 14.4 Å². The van der Waals surface area contributed by atoms with Gasteiger partial charge in [-0.1, -0.05) is 30.3 Å². The number of cyclic esters (lactones) is 1. The molecular formula is C15H17NO6. The highest BCUT2D eigenvalue weighted by atomic mass is 16.6. The van der Waals surface area contributed by atoms with E-state index in [2.05, 4.69) is 0 Å². The lowest BCUT2D eigenvalue weighted by Gasteiger charge is -2.19. The SMILES string of the molecule is CCOC(=O)N1C(=O)O[C@@H](C)[C@H]1C(=O)OCc1ccccc1. The Kier molecular flexibility index (Phi) is 4.98. The minimum Gasteiger partial charge on any atom is -0.459 e. The first-order valence-electron chi connectivity index (χ1n) is 6.91. The quantitative estimate of drug-likeness (QED) is 0.626. The second kappa shape index (κ2) is 6.93. The fourth-order valence-electron chi connectivity index (χ4n) is 2.10. The molecule has 1 saturated heterocycles. The Labute approximate surface area is 127 Å². The number of rotatable bonds is 4. The van der Waals surface area contributed by atoms with Crippen LogP contribution in [0.15, 0.2) is 30.3 Å². The van der Waals surface area contributed by atoms with Crippen LogP contribution >= 0.6 is 0 Å². The summed E-state index contributed by atoms with van der Waals surface area (Å²) in [7, 11) is 0. The van der Waals surface area contributed by atoms with Gasteiger partial charge >= 0.3 is 18.2 Å². The molecule has 22 heavy (non-hydrogen) atoms. The number of ether oxygens (including phenoxy) is 3. The second-order valence-electron chi connectivity index (χ2n) is 4.70. The van der Waals surface area contributed by atoms with Gasteiger partial charge in [0.1, 0.15) is 12.7 Å². The van der Waals surface area contributed by atoms with E-state index in [1.807, 2.05) is 18.2 Å². The van der Waals surface area contributed by atoms with Crippen LogP contribution in [0.1, 0.15) is 19.4 Å². The highest BCUT2D eigenvalue weighted by Crippen LogP contribution is 2.22. The van der Waals surface area contributed by atoms with Gasteiger partial charge in [-0.05, 0) is 19.4 Å². The van der Waals surface area contributed by atoms with Crippen molar-refractivity contribution in [2.45, 2.75) is 32.6 Å². The lowest BCUT2D eigenvalue weighted by atomic mass is 10.2. The number of amides is 2. The number of esters is 1. The van der Waals surface area contributed by atoms with E-state index < -0.39 is 30.3 Å². The van der Waals surface area contributed by atoms with Gasteiger partial charge in [-0.2, -0.15) is 4.90 Å². The largest absolute Gasteiger partial charge is 0.459 e. The maximum atomic E-state index is 12.2. The molecule has 1 aliphatic heterocycles. The highest BCUT2D eigenvalue weighted by molar-refractivity contribution is 5.96. The van der Waals surface area contributed by atoms with E-state index in [1.165, 1.54) is 6.92 Å². The van der Waals surface area contributed by atoms with E-state index in [0.29, 0.717) is 4.90 Å². The molecule has 0 saturated carbocycles. The first-order valence-corrected chi connectivity index (χ1v) is 6.91. The number of carbonyl (C=O) groups is 3. The molecular weight excluding hydrogens is 290 g/mol. The number of imide groups is 1. The molecule has 0 aliphatic carbocycles. The summed E-state index contributed by atoms with van der Waals surface area (Å²) in [5.41, 5.74) is 0.802. The summed E-state index contributed by atoms with van der Waals surface area (Å²) >= 11 is 0. The van der Waals surface area contributed by atoms with Gasteiger partial charge < -0.3 is 14.2 Å². The molecule has 7 nitrogen and oxygen atoms in total. The van der Waals surface area contributed by atoms with Crippen molar-refractivity contribution in [1.29, 1.82) is 0 Å². The van der Waals surface area contributed by atoms with Crippen LogP contribution in [0.4, 0.5) is 9.59 Å². The lowest BCUT2D eigenvalue weighted by Crippen LogP contribution is -2.46. The van der Waals surface area contributed by atoms with Crippen LogP contribution < -0.4 is 0 Å². The van der Waals surface area contributed by atoms with Crippen LogP contribution in [0.3, 0.4) is 0 Å². The van der Waals surface area contributed by atoms with Crippen molar-refractivity contribution in [3.63, 3.8) is 0 Å². The van der Waals surface area contributed by atoms with Crippen molar-refractivity contribution in [2.75, 3.05) is 6.61 Å². The number of carbonyl (C=O) groups excluding carboxylic acids is 3. The smallest absolute Gasteiger partial charge is 0.420 e. The molecule has 118 valence electrons. The Balaban J connectivity index is 2.05. The molecule has 1 aromatic carbocycles. The monoisotopic (exact) mass is 307 g/mol. The van der Waals surface area contributed by atoms with Gasteiger partial charge in [0.25, 0.3) is 0 Å². The predicted octanol–water partition coefficient (Wildman–Crippen LogP) is 2.10. The summed E-state index contributed by atoms with van der Waals surface area (Å²) in [6.07, 6.45) is -2.62. The normalized spacial score (nSPS) is 20.5. The standard InChI is InChI=1S/C15H17NO6/c1-3-20-14(18)16-12(10(2)22-15(16)19)13(17)21-9-11-7-5-4-6-8-11/h4-8,10,12H,3,9H2,1-2H3/t10-,12-/m0/s1. The van der Waals surface area contributed by atoms with Crippen molar-refractivity contribution < 1.29 is 28.6 Å². The Hall–Kier alpha value is -2.57. The van der Waals surface area contributed by atoms with Crippen LogP contribution in [0.25, 0.3) is 0 Å². The summed E-state index contributed by atoms with van der Waals surface area (Å²) in [5.74, 6) is -0.713. The average molecular weight is 307 g/mol. The van der Waals surface area contributed by atoms with E-state index >= 15 is 0 Å². The van der Waals surface area contributed by atoms with E-state index in [1.54, 1.807) is 19.1 Å². The number of benzene rings is 1. The van der Waals surface area contributed by atoms with E-state index in [4.69, 9.17) is 14.2 Å². The molecule has 2 atom stereocenters. The second-order valence-corrected chi connectivity index (χ2v) is 4.70. The summed E-state index contributed by atoms with van der Waals surface area (Å²) in [6, 6.07) is 7.94. The first-order chi connectivity index (χ1) is 10.5. The molecule has 1 heterocycles. The van der Waals surface area contributed by atoms with Gasteiger partial charge in [-0.15, -0.1) is 0 Å². The fourth-order valence-corrected chi connectivity index (χ4v) is 2.10. The topological polar surface area (TPSA) is 82.1 Å². The fraction of sp³-hybridized carbons (Fsp3) is 0.400. The van der Waals surface area contributed by atoms with Crippen LogP contribution in [0.5, 0.6) is 0 Å². The van der Waals surface area contributed by atoms with Crippen molar-refractivity contribution >= 4 is 18.2 Å². The lowest BCUT2D eigenvalue weighted by molar-refractivity contribution is -0.150. The van der Waals surface area contributed by atoms with Crippen molar-refractivity contribution in [3.8, 4) is 0 Å². The van der Waals surface area contributed by atoms with Crippen molar-refractivity contribution in [2.24, 2.45) is 0 Å². The minimum absolute atomic E-state index is 0.0494. The third kappa shape index (κ3) is 3.36. The van der Waals surface area contributed by atoms with Crippen LogP contribution in [0.2, 0.25) is 0 Å². The van der Waals surface area contributed by atoms with Crippen LogP contribution in [-0.4, -0.2) is 41.8 Å². The Bertz CT molecular complexity index is 558. The minimum atomic E-state index is -1.14. The maximum absolute atomic E-state index is 12.2. The molecule has 1 aliphatic rings. The molecule has 7 heteroatoms. The van der Waals surface area contributed by atoms with Crippen LogP contribution in [-0.2, 0) is 25.6 Å². The molecule has 0 aromatic heterocycles. The van der Waals surface area contributed by atoms with Crippen LogP contribution in [0, 0.1) is 0 Å². The molecule has 0 bridgehead atoms. The number of hydrogen-bond donors (Lipinski definition) is 0. The Morgan fingerprint density at radius 3 is 2.55 bits per heavy atom. The Morgan fingerprint density at radius 1 is 1.23 bits per heavy atom. The summed E-state index contributed by atoms with van der Waals surface area (Å²) in [5, 5.41) is 0. The van der Waals surface area contributed by atoms with Crippen molar-refractivity contribution in [1.82, 2.24) is 4.90 Å². The summed E-state index contributed by atoms with van der Waals surface area (Å²) in [6.45, 7) is 3.26. The van der Waals surface area contributed by atoms with Gasteiger partial charge in [0.2, 0.25) is 0 Å². The molecule has 0 unspecified atom stereocenters. The van der Waals surface area contributed by atoms with E-state index in [-0.39, 0.29) is 13.2 Å². The molecule has 1 aromatic rings. The molecule has 2 amide bonds. The third-order valence-electron chi connectivity index (χ3n) is 3.14. The predicted molar refractivity (Wildman–Crippen MR) is 74.8 cm³/mol. The average Bonchev–Trinajstić information content (AvgIpc) is 2.80. The third-order valence-corrected chi connectivity index (χ3v) is 3.14. The molecule has 0 spiro atoms. The maximum Gasteiger partial charge on any atom is 0.420 e. The summed E-state index contributed by atoms with van der Waals surface area (Å²) < 4.78 is 14.8. The molecule has 1 fully saturated rings.